The van der Waals surface area contributed by atoms with Crippen LogP contribution in [0.2, 0.25) is 0 Å². The number of hydrogen-bond acceptors (Lipinski definition) is 4. The molecule has 1 aromatic rings. The van der Waals surface area contributed by atoms with Gasteiger partial charge < -0.3 is 10.4 Å². The first-order valence-electron chi connectivity index (χ1n) is 5.74. The van der Waals surface area contributed by atoms with Crippen molar-refractivity contribution in [1.82, 2.24) is 5.32 Å². The molecule has 1 atom stereocenters. The van der Waals surface area contributed by atoms with Gasteiger partial charge in [-0.25, -0.2) is 0 Å². The van der Waals surface area contributed by atoms with Crippen molar-refractivity contribution in [2.75, 3.05) is 18.6 Å². The monoisotopic (exact) mass is 285 g/mol. The Balaban J connectivity index is 2.32. The maximum Gasteiger partial charge on any atom is 0.244 e. The predicted octanol–water partition coefficient (Wildman–Crippen LogP) is 2.38. The molecule has 0 aliphatic carbocycles. The summed E-state index contributed by atoms with van der Waals surface area (Å²) in [5, 5.41) is 14.7. The Morgan fingerprint density at radius 1 is 1.67 bits per heavy atom. The largest absolute Gasteiger partial charge is 0.388 e. The third kappa shape index (κ3) is 6.23. The van der Waals surface area contributed by atoms with E-state index >= 15 is 0 Å². The summed E-state index contributed by atoms with van der Waals surface area (Å²) in [4.78, 5) is 12.6. The highest BCUT2D eigenvalue weighted by molar-refractivity contribution is 7.98. The number of amides is 1. The van der Waals surface area contributed by atoms with E-state index in [-0.39, 0.29) is 12.5 Å². The van der Waals surface area contributed by atoms with Gasteiger partial charge in [-0.2, -0.15) is 11.8 Å². The predicted molar refractivity (Wildman–Crippen MR) is 80.0 cm³/mol. The van der Waals surface area contributed by atoms with Gasteiger partial charge in [-0.15, -0.1) is 11.3 Å². The van der Waals surface area contributed by atoms with Crippen molar-refractivity contribution >= 4 is 35.1 Å². The highest BCUT2D eigenvalue weighted by Gasteiger charge is 2.19. The summed E-state index contributed by atoms with van der Waals surface area (Å²) in [6.45, 7) is 2.02. The van der Waals surface area contributed by atoms with Crippen molar-refractivity contribution in [3.05, 3.63) is 28.5 Å². The van der Waals surface area contributed by atoms with Crippen LogP contribution >= 0.6 is 23.1 Å². The molecule has 0 bridgehead atoms. The zero-order valence-corrected chi connectivity index (χ0v) is 12.3. The lowest BCUT2D eigenvalue weighted by Gasteiger charge is -2.22. The Kier molecular flexibility index (Phi) is 6.46. The molecule has 0 aromatic carbocycles. The minimum absolute atomic E-state index is 0.173. The van der Waals surface area contributed by atoms with Gasteiger partial charge >= 0.3 is 0 Å². The molecule has 0 unspecified atom stereocenters. The SMILES string of the molecule is CSCC[C@](C)(O)CNC(=O)/C=C/c1cccs1. The zero-order valence-electron chi connectivity index (χ0n) is 10.7. The quantitative estimate of drug-likeness (QED) is 0.756. The van der Waals surface area contributed by atoms with Gasteiger partial charge in [0, 0.05) is 17.5 Å². The maximum absolute atomic E-state index is 11.5. The summed E-state index contributed by atoms with van der Waals surface area (Å²) >= 11 is 3.27. The lowest BCUT2D eigenvalue weighted by molar-refractivity contribution is -0.117. The molecule has 0 saturated heterocycles. The maximum atomic E-state index is 11.5. The van der Waals surface area contributed by atoms with Crippen LogP contribution in [-0.4, -0.2) is 35.2 Å². The van der Waals surface area contributed by atoms with Crippen molar-refractivity contribution < 1.29 is 9.90 Å². The molecule has 5 heteroatoms. The number of hydrogen-bond donors (Lipinski definition) is 2. The second kappa shape index (κ2) is 7.61. The molecule has 0 fully saturated rings. The highest BCUT2D eigenvalue weighted by atomic mass is 32.2. The van der Waals surface area contributed by atoms with Gasteiger partial charge in [0.2, 0.25) is 5.91 Å². The van der Waals surface area contributed by atoms with Gasteiger partial charge in [0.05, 0.1) is 5.60 Å². The van der Waals surface area contributed by atoms with Crippen LogP contribution in [0.25, 0.3) is 6.08 Å². The first kappa shape index (κ1) is 15.3. The van der Waals surface area contributed by atoms with Crippen LogP contribution in [0.4, 0.5) is 0 Å². The van der Waals surface area contributed by atoms with Crippen molar-refractivity contribution in [2.45, 2.75) is 18.9 Å². The van der Waals surface area contributed by atoms with E-state index in [0.29, 0.717) is 6.42 Å². The van der Waals surface area contributed by atoms with Crippen LogP contribution in [0.15, 0.2) is 23.6 Å². The molecule has 1 rings (SSSR count). The van der Waals surface area contributed by atoms with E-state index < -0.39 is 5.60 Å². The van der Waals surface area contributed by atoms with Crippen LogP contribution < -0.4 is 5.32 Å². The van der Waals surface area contributed by atoms with Gasteiger partial charge in [-0.1, -0.05) is 6.07 Å². The zero-order chi connectivity index (χ0) is 13.4. The second-order valence-electron chi connectivity index (χ2n) is 4.31. The molecule has 18 heavy (non-hydrogen) atoms. The molecular formula is C13H19NO2S2. The summed E-state index contributed by atoms with van der Waals surface area (Å²) in [5.41, 5.74) is -0.838. The molecule has 1 heterocycles. The first-order valence-corrected chi connectivity index (χ1v) is 8.01. The highest BCUT2D eigenvalue weighted by Crippen LogP contribution is 2.12. The minimum atomic E-state index is -0.838. The van der Waals surface area contributed by atoms with Crippen LogP contribution in [-0.2, 0) is 4.79 Å². The molecule has 1 amide bonds. The summed E-state index contributed by atoms with van der Waals surface area (Å²) in [6.07, 6.45) is 5.94. The molecule has 0 spiro atoms. The van der Waals surface area contributed by atoms with Crippen LogP contribution in [0, 0.1) is 0 Å². The standard InChI is InChI=1S/C13H19NO2S2/c1-13(16,7-9-17-2)10-14-12(15)6-5-11-4-3-8-18-11/h3-6,8,16H,7,9-10H2,1-2H3,(H,14,15)/b6-5+/t13-/m0/s1. The number of carbonyl (C=O) groups excluding carboxylic acids is 1. The molecular weight excluding hydrogens is 266 g/mol. The van der Waals surface area contributed by atoms with Gasteiger partial charge in [0.25, 0.3) is 0 Å². The van der Waals surface area contributed by atoms with E-state index in [0.717, 1.165) is 10.6 Å². The summed E-state index contributed by atoms with van der Waals surface area (Å²) < 4.78 is 0. The molecule has 0 aliphatic heterocycles. The van der Waals surface area contributed by atoms with Crippen LogP contribution in [0.5, 0.6) is 0 Å². The molecule has 2 N–H and O–H groups in total. The fourth-order valence-corrected chi connectivity index (χ4v) is 2.55. The van der Waals surface area contributed by atoms with Crippen molar-refractivity contribution in [3.63, 3.8) is 0 Å². The van der Waals surface area contributed by atoms with Crippen molar-refractivity contribution in [2.24, 2.45) is 0 Å². The first-order chi connectivity index (χ1) is 8.53. The molecule has 0 radical (unpaired) electrons. The van der Waals surface area contributed by atoms with E-state index in [9.17, 15) is 9.90 Å². The second-order valence-corrected chi connectivity index (χ2v) is 6.27. The van der Waals surface area contributed by atoms with E-state index in [1.807, 2.05) is 23.8 Å². The lowest BCUT2D eigenvalue weighted by Crippen LogP contribution is -2.40. The Labute approximate surface area is 116 Å². The molecule has 1 aromatic heterocycles. The molecule has 0 aliphatic rings. The normalized spacial score (nSPS) is 14.6. The van der Waals surface area contributed by atoms with Gasteiger partial charge in [0.15, 0.2) is 0 Å². The van der Waals surface area contributed by atoms with Crippen LogP contribution in [0.3, 0.4) is 0 Å². The Morgan fingerprint density at radius 3 is 3.06 bits per heavy atom. The van der Waals surface area contributed by atoms with Gasteiger partial charge in [-0.05, 0) is 42.9 Å². The van der Waals surface area contributed by atoms with Crippen molar-refractivity contribution in [1.29, 1.82) is 0 Å². The molecule has 0 saturated carbocycles. The molecule has 100 valence electrons. The fraction of sp³-hybridized carbons (Fsp3) is 0.462. The van der Waals surface area contributed by atoms with Gasteiger partial charge in [0.1, 0.15) is 0 Å². The Hall–Kier alpha value is -0.780. The molecule has 3 nitrogen and oxygen atoms in total. The lowest BCUT2D eigenvalue weighted by atomic mass is 10.0. The van der Waals surface area contributed by atoms with Gasteiger partial charge in [-0.3, -0.25) is 4.79 Å². The van der Waals surface area contributed by atoms with E-state index in [4.69, 9.17) is 0 Å². The smallest absolute Gasteiger partial charge is 0.244 e. The third-order valence-corrected chi connectivity index (χ3v) is 3.88. The average molecular weight is 285 g/mol. The summed E-state index contributed by atoms with van der Waals surface area (Å²) in [6, 6.07) is 3.89. The number of carbonyl (C=O) groups is 1. The van der Waals surface area contributed by atoms with Crippen molar-refractivity contribution in [3.8, 4) is 0 Å². The Morgan fingerprint density at radius 2 is 2.44 bits per heavy atom. The summed E-state index contributed by atoms with van der Waals surface area (Å²) in [5.74, 6) is 0.710. The fourth-order valence-electron chi connectivity index (χ4n) is 1.29. The number of thiophene rings is 1. The number of thioether (sulfide) groups is 1. The minimum Gasteiger partial charge on any atom is -0.388 e. The topological polar surface area (TPSA) is 49.3 Å². The van der Waals surface area contributed by atoms with E-state index in [1.54, 1.807) is 36.1 Å². The third-order valence-electron chi connectivity index (χ3n) is 2.43. The number of aliphatic hydroxyl groups is 1. The number of nitrogens with one attached hydrogen (secondary N) is 1. The van der Waals surface area contributed by atoms with Crippen LogP contribution in [0.1, 0.15) is 18.2 Å². The summed E-state index contributed by atoms with van der Waals surface area (Å²) in [7, 11) is 0. The average Bonchev–Trinajstić information content (AvgIpc) is 2.84. The number of rotatable bonds is 7. The van der Waals surface area contributed by atoms with E-state index in [2.05, 4.69) is 5.32 Å². The Bertz CT molecular complexity index is 386. The van der Waals surface area contributed by atoms with E-state index in [1.165, 1.54) is 6.08 Å².